The minimum atomic E-state index is -0.315. The van der Waals surface area contributed by atoms with E-state index in [1.165, 1.54) is 6.20 Å². The predicted octanol–water partition coefficient (Wildman–Crippen LogP) is 2.94. The van der Waals surface area contributed by atoms with Crippen molar-refractivity contribution in [2.24, 2.45) is 0 Å². The molecule has 1 aromatic carbocycles. The topological polar surface area (TPSA) is 80.0 Å². The molecule has 1 amide bonds. The summed E-state index contributed by atoms with van der Waals surface area (Å²) in [5.41, 5.74) is 7.56. The van der Waals surface area contributed by atoms with Gasteiger partial charge < -0.3 is 4.52 Å². The highest BCUT2D eigenvalue weighted by atomic mass is 35.5. The minimum Gasteiger partial charge on any atom is -0.336 e. The molecule has 0 unspecified atom stereocenters. The number of aryl methyl sites for hydroxylation is 1. The van der Waals surface area contributed by atoms with Gasteiger partial charge in [0, 0.05) is 11.2 Å². The second kappa shape index (κ2) is 5.41. The van der Waals surface area contributed by atoms with Crippen LogP contribution in [0.3, 0.4) is 0 Å². The molecular formula is C14H11ClN4O2. The number of aromatic nitrogens is 2. The second-order valence-corrected chi connectivity index (χ2v) is 4.87. The van der Waals surface area contributed by atoms with Crippen molar-refractivity contribution in [3.63, 3.8) is 0 Å². The summed E-state index contributed by atoms with van der Waals surface area (Å²) in [5.74, 6) is -0.315. The van der Waals surface area contributed by atoms with Gasteiger partial charge in [-0.15, -0.1) is 0 Å². The Bertz CT molecular complexity index is 816. The average Bonchev–Trinajstić information content (AvgIpc) is 2.86. The first-order valence-electron chi connectivity index (χ1n) is 6.17. The van der Waals surface area contributed by atoms with Gasteiger partial charge in [0.05, 0.1) is 22.3 Å². The summed E-state index contributed by atoms with van der Waals surface area (Å²) < 4.78 is 5.00. The number of hydrazine groups is 1. The molecule has 3 rings (SSSR count). The Balaban J connectivity index is 1.76. The van der Waals surface area contributed by atoms with Crippen molar-refractivity contribution < 1.29 is 9.32 Å². The van der Waals surface area contributed by atoms with E-state index in [2.05, 4.69) is 21.0 Å². The minimum absolute atomic E-state index is 0.315. The highest BCUT2D eigenvalue weighted by molar-refractivity contribution is 6.30. The predicted molar refractivity (Wildman–Crippen MR) is 79.1 cm³/mol. The van der Waals surface area contributed by atoms with E-state index in [-0.39, 0.29) is 5.91 Å². The molecule has 2 N–H and O–H groups in total. The van der Waals surface area contributed by atoms with Crippen LogP contribution in [0.15, 0.2) is 41.1 Å². The first kappa shape index (κ1) is 13.4. The largest absolute Gasteiger partial charge is 0.336 e. The Morgan fingerprint density at radius 2 is 2.19 bits per heavy atom. The molecule has 7 heteroatoms. The quantitative estimate of drug-likeness (QED) is 0.727. The zero-order valence-corrected chi connectivity index (χ0v) is 11.8. The molecule has 0 aliphatic carbocycles. The average molecular weight is 303 g/mol. The highest BCUT2D eigenvalue weighted by Crippen LogP contribution is 2.17. The maximum atomic E-state index is 12.1. The Morgan fingerprint density at radius 1 is 1.33 bits per heavy atom. The SMILES string of the molecule is Cc1noc2ncc(C(=O)NNc3cccc(Cl)c3)cc12. The summed E-state index contributed by atoms with van der Waals surface area (Å²) in [6.45, 7) is 1.79. The summed E-state index contributed by atoms with van der Waals surface area (Å²) in [4.78, 5) is 16.1. The van der Waals surface area contributed by atoms with Gasteiger partial charge in [-0.25, -0.2) is 4.98 Å². The third kappa shape index (κ3) is 2.80. The van der Waals surface area contributed by atoms with E-state index < -0.39 is 0 Å². The van der Waals surface area contributed by atoms with Gasteiger partial charge >= 0.3 is 0 Å². The summed E-state index contributed by atoms with van der Waals surface area (Å²) in [6, 6.07) is 8.71. The van der Waals surface area contributed by atoms with Crippen LogP contribution in [0, 0.1) is 6.92 Å². The van der Waals surface area contributed by atoms with Crippen LogP contribution in [0.4, 0.5) is 5.69 Å². The van der Waals surface area contributed by atoms with E-state index in [1.807, 2.05) is 0 Å². The first-order valence-corrected chi connectivity index (χ1v) is 6.55. The number of fused-ring (bicyclic) bond motifs is 1. The van der Waals surface area contributed by atoms with Crippen molar-refractivity contribution in [1.29, 1.82) is 0 Å². The second-order valence-electron chi connectivity index (χ2n) is 4.43. The number of nitrogens with one attached hydrogen (secondary N) is 2. The highest BCUT2D eigenvalue weighted by Gasteiger charge is 2.11. The van der Waals surface area contributed by atoms with Crippen LogP contribution in [-0.2, 0) is 0 Å². The fourth-order valence-electron chi connectivity index (χ4n) is 1.84. The van der Waals surface area contributed by atoms with E-state index in [1.54, 1.807) is 37.3 Å². The first-order chi connectivity index (χ1) is 10.1. The van der Waals surface area contributed by atoms with Crippen molar-refractivity contribution >= 4 is 34.3 Å². The summed E-state index contributed by atoms with van der Waals surface area (Å²) in [6.07, 6.45) is 1.43. The van der Waals surface area contributed by atoms with Crippen molar-refractivity contribution in [2.75, 3.05) is 5.43 Å². The molecule has 2 heterocycles. The molecule has 0 saturated carbocycles. The summed E-state index contributed by atoms with van der Waals surface area (Å²) >= 11 is 5.87. The van der Waals surface area contributed by atoms with Crippen molar-refractivity contribution in [3.8, 4) is 0 Å². The molecule has 0 bridgehead atoms. The lowest BCUT2D eigenvalue weighted by Gasteiger charge is -2.08. The van der Waals surface area contributed by atoms with Gasteiger partial charge in [-0.1, -0.05) is 22.8 Å². The molecule has 6 nitrogen and oxygen atoms in total. The molecular weight excluding hydrogens is 292 g/mol. The number of pyridine rings is 1. The fraction of sp³-hybridized carbons (Fsp3) is 0.0714. The Morgan fingerprint density at radius 3 is 3.00 bits per heavy atom. The van der Waals surface area contributed by atoms with Crippen LogP contribution in [0.5, 0.6) is 0 Å². The number of rotatable bonds is 3. The van der Waals surface area contributed by atoms with Crippen LogP contribution in [-0.4, -0.2) is 16.0 Å². The van der Waals surface area contributed by atoms with Gasteiger partial charge in [-0.2, -0.15) is 0 Å². The molecule has 0 aliphatic rings. The number of carbonyl (C=O) groups is 1. The van der Waals surface area contributed by atoms with E-state index in [0.717, 1.165) is 0 Å². The molecule has 2 aromatic heterocycles. The lowest BCUT2D eigenvalue weighted by atomic mass is 10.2. The molecule has 0 aliphatic heterocycles. The van der Waals surface area contributed by atoms with Gasteiger partial charge in [0.15, 0.2) is 0 Å². The number of nitrogens with zero attached hydrogens (tertiary/aromatic N) is 2. The maximum absolute atomic E-state index is 12.1. The zero-order chi connectivity index (χ0) is 14.8. The number of halogens is 1. The zero-order valence-electron chi connectivity index (χ0n) is 11.1. The number of hydrogen-bond donors (Lipinski definition) is 2. The van der Waals surface area contributed by atoms with E-state index in [4.69, 9.17) is 16.1 Å². The molecule has 0 radical (unpaired) electrons. The Hall–Kier alpha value is -2.60. The summed E-state index contributed by atoms with van der Waals surface area (Å²) in [5, 5.41) is 5.09. The van der Waals surface area contributed by atoms with Gasteiger partial charge in [-0.05, 0) is 31.2 Å². The smallest absolute Gasteiger partial charge is 0.271 e. The molecule has 0 atom stereocenters. The van der Waals surface area contributed by atoms with Crippen LogP contribution in [0.1, 0.15) is 16.1 Å². The van der Waals surface area contributed by atoms with Gasteiger partial charge in [0.2, 0.25) is 0 Å². The Kier molecular flexibility index (Phi) is 3.45. The lowest BCUT2D eigenvalue weighted by molar-refractivity contribution is 0.0962. The molecule has 0 fully saturated rings. The molecule has 0 spiro atoms. The van der Waals surface area contributed by atoms with Crippen LogP contribution >= 0.6 is 11.6 Å². The van der Waals surface area contributed by atoms with Crippen molar-refractivity contribution in [1.82, 2.24) is 15.6 Å². The Labute approximate surface area is 125 Å². The normalized spacial score (nSPS) is 10.6. The standard InChI is InChI=1S/C14H11ClN4O2/c1-8-12-5-9(7-16-14(12)21-19-8)13(20)18-17-11-4-2-3-10(15)6-11/h2-7,17H,1H3,(H,18,20). The third-order valence-corrected chi connectivity index (χ3v) is 3.15. The molecule has 3 aromatic rings. The lowest BCUT2D eigenvalue weighted by Crippen LogP contribution is -2.29. The number of amides is 1. The maximum Gasteiger partial charge on any atom is 0.271 e. The van der Waals surface area contributed by atoms with Crippen LogP contribution in [0.25, 0.3) is 11.1 Å². The van der Waals surface area contributed by atoms with Crippen LogP contribution < -0.4 is 10.9 Å². The molecule has 0 saturated heterocycles. The van der Waals surface area contributed by atoms with Crippen LogP contribution in [0.2, 0.25) is 5.02 Å². The molecule has 21 heavy (non-hydrogen) atoms. The van der Waals surface area contributed by atoms with Crippen molar-refractivity contribution in [3.05, 3.63) is 52.8 Å². The monoisotopic (exact) mass is 302 g/mol. The summed E-state index contributed by atoms with van der Waals surface area (Å²) in [7, 11) is 0. The van der Waals surface area contributed by atoms with Crippen molar-refractivity contribution in [2.45, 2.75) is 6.92 Å². The van der Waals surface area contributed by atoms with E-state index >= 15 is 0 Å². The van der Waals surface area contributed by atoms with Gasteiger partial charge in [0.1, 0.15) is 0 Å². The number of hydrogen-bond acceptors (Lipinski definition) is 5. The fourth-order valence-corrected chi connectivity index (χ4v) is 2.03. The van der Waals surface area contributed by atoms with E-state index in [0.29, 0.717) is 33.1 Å². The van der Waals surface area contributed by atoms with Gasteiger partial charge in [0.25, 0.3) is 11.6 Å². The molecule has 106 valence electrons. The van der Waals surface area contributed by atoms with Gasteiger partial charge in [-0.3, -0.25) is 15.6 Å². The number of benzene rings is 1. The number of anilines is 1. The third-order valence-electron chi connectivity index (χ3n) is 2.92. The number of carbonyl (C=O) groups excluding carboxylic acids is 1. The van der Waals surface area contributed by atoms with E-state index in [9.17, 15) is 4.79 Å².